The van der Waals surface area contributed by atoms with Crippen molar-refractivity contribution in [3.8, 4) is 5.75 Å². The molecule has 7 heteroatoms. The first-order valence-electron chi connectivity index (χ1n) is 5.94. The number of ether oxygens (including phenoxy) is 1. The standard InChI is InChI=1S/C13H18F3NO2S/c1-12(2,3)20(18)17-11(13(14,15)16)9-6-5-7-10(8-9)19-4/h5-8,11,17H,1-4H3/t11-,20?/m0/s1. The van der Waals surface area contributed by atoms with Crippen LogP contribution in [0.15, 0.2) is 24.3 Å². The van der Waals surface area contributed by atoms with E-state index in [9.17, 15) is 17.4 Å². The fourth-order valence-electron chi connectivity index (χ4n) is 1.43. The highest BCUT2D eigenvalue weighted by atomic mass is 32.2. The Bertz CT molecular complexity index is 483. The van der Waals surface area contributed by atoms with Crippen LogP contribution in [0.5, 0.6) is 5.75 Å². The van der Waals surface area contributed by atoms with Crippen molar-refractivity contribution in [2.45, 2.75) is 37.7 Å². The second kappa shape index (κ2) is 6.13. The van der Waals surface area contributed by atoms with Crippen LogP contribution in [0.1, 0.15) is 32.4 Å². The molecule has 0 aliphatic carbocycles. The third kappa shape index (κ3) is 4.49. The molecule has 1 aromatic carbocycles. The molecule has 0 bridgehead atoms. The van der Waals surface area contributed by atoms with Crippen LogP contribution in [0.25, 0.3) is 0 Å². The molecule has 1 aromatic rings. The highest BCUT2D eigenvalue weighted by molar-refractivity contribution is 7.84. The summed E-state index contributed by atoms with van der Waals surface area (Å²) >= 11 is 0. The minimum absolute atomic E-state index is 0.0329. The Labute approximate surface area is 119 Å². The fourth-order valence-corrected chi connectivity index (χ4v) is 2.27. The van der Waals surface area contributed by atoms with Crippen molar-refractivity contribution in [1.82, 2.24) is 4.72 Å². The van der Waals surface area contributed by atoms with Crippen LogP contribution in [-0.4, -0.2) is 22.2 Å². The largest absolute Gasteiger partial charge is 0.497 e. The lowest BCUT2D eigenvalue weighted by molar-refractivity contribution is -0.152. The van der Waals surface area contributed by atoms with E-state index in [0.29, 0.717) is 5.75 Å². The molecule has 1 unspecified atom stereocenters. The highest BCUT2D eigenvalue weighted by Gasteiger charge is 2.43. The number of hydrogen-bond donors (Lipinski definition) is 1. The van der Waals surface area contributed by atoms with Gasteiger partial charge < -0.3 is 4.74 Å². The van der Waals surface area contributed by atoms with Gasteiger partial charge in [0, 0.05) is 0 Å². The molecule has 0 aromatic heterocycles. The first-order chi connectivity index (χ1) is 9.05. The van der Waals surface area contributed by atoms with Crippen LogP contribution < -0.4 is 9.46 Å². The predicted octanol–water partition coefficient (Wildman–Crippen LogP) is 3.35. The number of alkyl halides is 3. The van der Waals surface area contributed by atoms with Gasteiger partial charge >= 0.3 is 6.18 Å². The zero-order valence-corrected chi connectivity index (χ0v) is 12.6. The molecule has 114 valence electrons. The van der Waals surface area contributed by atoms with Crippen molar-refractivity contribution in [1.29, 1.82) is 0 Å². The van der Waals surface area contributed by atoms with Crippen molar-refractivity contribution in [2.24, 2.45) is 0 Å². The topological polar surface area (TPSA) is 38.3 Å². The Morgan fingerprint density at radius 1 is 1.25 bits per heavy atom. The molecule has 0 saturated heterocycles. The van der Waals surface area contributed by atoms with Gasteiger partial charge in [0.2, 0.25) is 0 Å². The number of hydrogen-bond acceptors (Lipinski definition) is 2. The second-order valence-corrected chi connectivity index (χ2v) is 7.25. The lowest BCUT2D eigenvalue weighted by Crippen LogP contribution is -2.41. The third-order valence-electron chi connectivity index (χ3n) is 2.54. The quantitative estimate of drug-likeness (QED) is 0.926. The van der Waals surface area contributed by atoms with E-state index < -0.39 is 28.0 Å². The molecule has 0 fully saturated rings. The van der Waals surface area contributed by atoms with Gasteiger partial charge in [0.05, 0.1) is 22.8 Å². The second-order valence-electron chi connectivity index (χ2n) is 5.25. The molecule has 0 spiro atoms. The monoisotopic (exact) mass is 309 g/mol. The van der Waals surface area contributed by atoms with Crippen molar-refractivity contribution >= 4 is 11.0 Å². The molecule has 3 nitrogen and oxygen atoms in total. The summed E-state index contributed by atoms with van der Waals surface area (Å²) in [7, 11) is -0.456. The SMILES string of the molecule is COc1cccc([C@H](NS(=O)C(C)(C)C)C(F)(F)F)c1. The molecule has 0 aliphatic heterocycles. The average Bonchev–Trinajstić information content (AvgIpc) is 2.33. The van der Waals surface area contributed by atoms with Gasteiger partial charge in [-0.05, 0) is 38.5 Å². The number of rotatable bonds is 4. The maximum Gasteiger partial charge on any atom is 0.408 e. The summed E-state index contributed by atoms with van der Waals surface area (Å²) in [6.45, 7) is 4.82. The lowest BCUT2D eigenvalue weighted by atomic mass is 10.1. The number of halogens is 3. The first-order valence-corrected chi connectivity index (χ1v) is 7.09. The van der Waals surface area contributed by atoms with E-state index >= 15 is 0 Å². The van der Waals surface area contributed by atoms with Gasteiger partial charge in [0.25, 0.3) is 0 Å². The van der Waals surface area contributed by atoms with Crippen LogP contribution in [0, 0.1) is 0 Å². The van der Waals surface area contributed by atoms with Gasteiger partial charge in [-0.15, -0.1) is 0 Å². The van der Waals surface area contributed by atoms with Crippen molar-refractivity contribution < 1.29 is 22.1 Å². The summed E-state index contributed by atoms with van der Waals surface area (Å²) in [5.74, 6) is 0.320. The van der Waals surface area contributed by atoms with Crippen molar-refractivity contribution in [3.05, 3.63) is 29.8 Å². The van der Waals surface area contributed by atoms with E-state index in [1.807, 2.05) is 0 Å². The summed E-state index contributed by atoms with van der Waals surface area (Å²) in [5, 5.41) is 0. The minimum atomic E-state index is -4.55. The van der Waals surface area contributed by atoms with Crippen molar-refractivity contribution in [2.75, 3.05) is 7.11 Å². The molecule has 0 radical (unpaired) electrons. The van der Waals surface area contributed by atoms with Gasteiger partial charge in [-0.25, -0.2) is 8.93 Å². The molecule has 20 heavy (non-hydrogen) atoms. The van der Waals surface area contributed by atoms with E-state index in [1.54, 1.807) is 26.8 Å². The minimum Gasteiger partial charge on any atom is -0.497 e. The Morgan fingerprint density at radius 3 is 2.30 bits per heavy atom. The lowest BCUT2D eigenvalue weighted by Gasteiger charge is -2.26. The molecule has 0 saturated carbocycles. The third-order valence-corrected chi connectivity index (χ3v) is 4.10. The number of nitrogens with one attached hydrogen (secondary N) is 1. The van der Waals surface area contributed by atoms with Gasteiger partial charge in [-0.3, -0.25) is 0 Å². The summed E-state index contributed by atoms with van der Waals surface area (Å²) < 4.78 is 57.7. The van der Waals surface area contributed by atoms with Crippen LogP contribution in [0.3, 0.4) is 0 Å². The molecule has 0 aliphatic rings. The zero-order chi connectivity index (χ0) is 15.6. The molecular weight excluding hydrogens is 291 g/mol. The number of methoxy groups -OCH3 is 1. The van der Waals surface area contributed by atoms with E-state index in [4.69, 9.17) is 4.74 Å². The molecule has 1 N–H and O–H groups in total. The predicted molar refractivity (Wildman–Crippen MR) is 72.8 cm³/mol. The Morgan fingerprint density at radius 2 is 1.85 bits per heavy atom. The average molecular weight is 309 g/mol. The Hall–Kier alpha value is -1.08. The molecule has 0 amide bonds. The van der Waals surface area contributed by atoms with E-state index in [-0.39, 0.29) is 5.56 Å². The maximum absolute atomic E-state index is 13.2. The van der Waals surface area contributed by atoms with E-state index in [1.165, 1.54) is 25.3 Å². The van der Waals surface area contributed by atoms with Crippen LogP contribution in [0.2, 0.25) is 0 Å². The molecule has 1 rings (SSSR count). The van der Waals surface area contributed by atoms with Gasteiger partial charge in [0.1, 0.15) is 11.8 Å². The summed E-state index contributed by atoms with van der Waals surface area (Å²) in [4.78, 5) is 0. The molecular formula is C13H18F3NO2S. The van der Waals surface area contributed by atoms with E-state index in [2.05, 4.69) is 4.72 Å². The number of benzene rings is 1. The summed E-state index contributed by atoms with van der Waals surface area (Å²) in [5.41, 5.74) is -0.0329. The zero-order valence-electron chi connectivity index (χ0n) is 11.7. The van der Waals surface area contributed by atoms with Gasteiger partial charge in [-0.2, -0.15) is 13.2 Å². The van der Waals surface area contributed by atoms with Crippen molar-refractivity contribution in [3.63, 3.8) is 0 Å². The smallest absolute Gasteiger partial charge is 0.408 e. The summed E-state index contributed by atoms with van der Waals surface area (Å²) in [6.07, 6.45) is -4.55. The maximum atomic E-state index is 13.2. The van der Waals surface area contributed by atoms with Crippen LogP contribution in [0.4, 0.5) is 13.2 Å². The Balaban J connectivity index is 3.10. The van der Waals surface area contributed by atoms with Gasteiger partial charge in [-0.1, -0.05) is 12.1 Å². The van der Waals surface area contributed by atoms with Gasteiger partial charge in [0.15, 0.2) is 0 Å². The fraction of sp³-hybridized carbons (Fsp3) is 0.538. The Kier molecular flexibility index (Phi) is 5.21. The van der Waals surface area contributed by atoms with E-state index in [0.717, 1.165) is 0 Å². The normalized spacial score (nSPS) is 15.8. The highest BCUT2D eigenvalue weighted by Crippen LogP contribution is 2.35. The first kappa shape index (κ1) is 17.0. The molecule has 2 atom stereocenters. The van der Waals surface area contributed by atoms with Crippen LogP contribution in [-0.2, 0) is 11.0 Å². The molecule has 0 heterocycles. The summed E-state index contributed by atoms with van der Waals surface area (Å²) in [6, 6.07) is 3.63. The van der Waals surface area contributed by atoms with Crippen LogP contribution >= 0.6 is 0 Å².